The molecule has 0 aromatic heterocycles. The van der Waals surface area contributed by atoms with Gasteiger partial charge in [-0.05, 0) is 19.3 Å². The Morgan fingerprint density at radius 1 is 1.71 bits per heavy atom. The van der Waals surface area contributed by atoms with E-state index in [0.29, 0.717) is 19.0 Å². The average molecular weight is 218 g/mol. The molecular formula is C9H18N2O2S. The zero-order valence-corrected chi connectivity index (χ0v) is 9.33. The van der Waals surface area contributed by atoms with Crippen molar-refractivity contribution in [2.75, 3.05) is 18.8 Å². The molecule has 0 aromatic rings. The standard InChI is InChI=1S/C9H18N2O2S/c1-3-6-14(12,13)11-5-4-9(7-11)8(2)10/h3,8-9H,1,4-7,10H2,2H3. The fourth-order valence-electron chi connectivity index (χ4n) is 1.69. The summed E-state index contributed by atoms with van der Waals surface area (Å²) in [5.41, 5.74) is 5.74. The van der Waals surface area contributed by atoms with Gasteiger partial charge in [-0.2, -0.15) is 0 Å². The second kappa shape index (κ2) is 4.42. The molecule has 1 aliphatic rings. The summed E-state index contributed by atoms with van der Waals surface area (Å²) in [6, 6.07) is 0.0685. The normalized spacial score (nSPS) is 26.3. The van der Waals surface area contributed by atoms with Crippen LogP contribution < -0.4 is 5.73 Å². The Morgan fingerprint density at radius 2 is 2.36 bits per heavy atom. The molecule has 4 nitrogen and oxygen atoms in total. The van der Waals surface area contributed by atoms with Crippen molar-refractivity contribution < 1.29 is 8.42 Å². The Hall–Kier alpha value is -0.390. The molecule has 0 aliphatic carbocycles. The Balaban J connectivity index is 2.62. The van der Waals surface area contributed by atoms with E-state index in [0.717, 1.165) is 6.42 Å². The lowest BCUT2D eigenvalue weighted by Gasteiger charge is -2.16. The highest BCUT2D eigenvalue weighted by Crippen LogP contribution is 2.21. The van der Waals surface area contributed by atoms with Gasteiger partial charge in [0.1, 0.15) is 0 Å². The fourth-order valence-corrected chi connectivity index (χ4v) is 3.00. The van der Waals surface area contributed by atoms with Gasteiger partial charge < -0.3 is 5.73 Å². The average Bonchev–Trinajstić information content (AvgIpc) is 2.51. The van der Waals surface area contributed by atoms with Gasteiger partial charge in [0.05, 0.1) is 5.75 Å². The summed E-state index contributed by atoms with van der Waals surface area (Å²) < 4.78 is 24.7. The number of hydrogen-bond donors (Lipinski definition) is 1. The van der Waals surface area contributed by atoms with Crippen LogP contribution in [0.4, 0.5) is 0 Å². The van der Waals surface area contributed by atoms with Crippen LogP contribution in [-0.4, -0.2) is 37.6 Å². The smallest absolute Gasteiger partial charge is 0.217 e. The Kier molecular flexibility index (Phi) is 3.69. The van der Waals surface area contributed by atoms with Gasteiger partial charge in [-0.3, -0.25) is 0 Å². The summed E-state index contributed by atoms with van der Waals surface area (Å²) in [6.07, 6.45) is 2.29. The predicted octanol–water partition coefficient (Wildman–Crippen LogP) is 0.171. The van der Waals surface area contributed by atoms with E-state index >= 15 is 0 Å². The molecule has 0 saturated carbocycles. The van der Waals surface area contributed by atoms with Crippen molar-refractivity contribution in [1.29, 1.82) is 0 Å². The van der Waals surface area contributed by atoms with Gasteiger partial charge in [0, 0.05) is 19.1 Å². The van der Waals surface area contributed by atoms with Crippen LogP contribution in [0.2, 0.25) is 0 Å². The maximum absolute atomic E-state index is 11.6. The molecule has 0 radical (unpaired) electrons. The number of rotatable bonds is 4. The van der Waals surface area contributed by atoms with E-state index in [2.05, 4.69) is 6.58 Å². The molecule has 0 spiro atoms. The van der Waals surface area contributed by atoms with Crippen LogP contribution in [0.1, 0.15) is 13.3 Å². The summed E-state index contributed by atoms with van der Waals surface area (Å²) in [7, 11) is -3.12. The summed E-state index contributed by atoms with van der Waals surface area (Å²) in [6.45, 7) is 6.53. The molecule has 0 aromatic carbocycles. The van der Waals surface area contributed by atoms with E-state index in [1.165, 1.54) is 10.4 Å². The van der Waals surface area contributed by atoms with Gasteiger partial charge in [-0.15, -0.1) is 6.58 Å². The van der Waals surface area contributed by atoms with Crippen molar-refractivity contribution in [1.82, 2.24) is 4.31 Å². The second-order valence-corrected chi connectivity index (χ2v) is 5.85. The third-order valence-electron chi connectivity index (χ3n) is 2.65. The molecule has 2 unspecified atom stereocenters. The van der Waals surface area contributed by atoms with Crippen LogP contribution in [-0.2, 0) is 10.0 Å². The minimum absolute atomic E-state index is 0.0265. The summed E-state index contributed by atoms with van der Waals surface area (Å²) in [4.78, 5) is 0. The minimum atomic E-state index is -3.12. The third kappa shape index (κ3) is 2.56. The lowest BCUT2D eigenvalue weighted by atomic mass is 10.0. The molecular weight excluding hydrogens is 200 g/mol. The van der Waals surface area contributed by atoms with Gasteiger partial charge in [0.2, 0.25) is 10.0 Å². The molecule has 5 heteroatoms. The van der Waals surface area contributed by atoms with Gasteiger partial charge in [0.15, 0.2) is 0 Å². The predicted molar refractivity (Wildman–Crippen MR) is 57.3 cm³/mol. The van der Waals surface area contributed by atoms with Crippen molar-refractivity contribution in [3.05, 3.63) is 12.7 Å². The van der Waals surface area contributed by atoms with Crippen molar-refractivity contribution in [2.24, 2.45) is 11.7 Å². The summed E-state index contributed by atoms with van der Waals surface area (Å²) >= 11 is 0. The molecule has 1 aliphatic heterocycles. The second-order valence-electron chi connectivity index (χ2n) is 3.83. The highest BCUT2D eigenvalue weighted by molar-refractivity contribution is 7.89. The quantitative estimate of drug-likeness (QED) is 0.684. The largest absolute Gasteiger partial charge is 0.328 e. The van der Waals surface area contributed by atoms with E-state index in [1.807, 2.05) is 6.92 Å². The number of nitrogens with zero attached hydrogens (tertiary/aromatic N) is 1. The van der Waals surface area contributed by atoms with Crippen molar-refractivity contribution in [3.8, 4) is 0 Å². The zero-order chi connectivity index (χ0) is 10.8. The summed E-state index contributed by atoms with van der Waals surface area (Å²) in [5.74, 6) is 0.327. The molecule has 1 fully saturated rings. The van der Waals surface area contributed by atoms with E-state index in [-0.39, 0.29) is 11.8 Å². The highest BCUT2D eigenvalue weighted by Gasteiger charge is 2.31. The summed E-state index contributed by atoms with van der Waals surface area (Å²) in [5, 5.41) is 0. The minimum Gasteiger partial charge on any atom is -0.328 e. The third-order valence-corrected chi connectivity index (χ3v) is 4.43. The molecule has 1 rings (SSSR count). The van der Waals surface area contributed by atoms with Crippen molar-refractivity contribution >= 4 is 10.0 Å². The topological polar surface area (TPSA) is 63.4 Å². The first-order valence-electron chi connectivity index (χ1n) is 4.81. The lowest BCUT2D eigenvalue weighted by molar-refractivity contribution is 0.430. The lowest BCUT2D eigenvalue weighted by Crippen LogP contribution is -2.33. The maximum Gasteiger partial charge on any atom is 0.217 e. The first-order chi connectivity index (χ1) is 6.47. The molecule has 1 saturated heterocycles. The van der Waals surface area contributed by atoms with E-state index in [9.17, 15) is 8.42 Å². The molecule has 2 N–H and O–H groups in total. The van der Waals surface area contributed by atoms with Crippen LogP contribution in [0.15, 0.2) is 12.7 Å². The van der Waals surface area contributed by atoms with Crippen molar-refractivity contribution in [2.45, 2.75) is 19.4 Å². The Morgan fingerprint density at radius 3 is 2.79 bits per heavy atom. The van der Waals surface area contributed by atoms with Crippen LogP contribution in [0.3, 0.4) is 0 Å². The van der Waals surface area contributed by atoms with Crippen LogP contribution in [0, 0.1) is 5.92 Å². The SMILES string of the molecule is C=CCS(=O)(=O)N1CCC(C(C)N)C1. The molecule has 1 heterocycles. The van der Waals surface area contributed by atoms with Gasteiger partial charge in [-0.25, -0.2) is 12.7 Å². The van der Waals surface area contributed by atoms with Gasteiger partial charge in [-0.1, -0.05) is 6.08 Å². The van der Waals surface area contributed by atoms with Gasteiger partial charge in [0.25, 0.3) is 0 Å². The Bertz CT molecular complexity index is 298. The molecule has 0 bridgehead atoms. The zero-order valence-electron chi connectivity index (χ0n) is 8.52. The number of nitrogens with two attached hydrogens (primary N) is 1. The molecule has 0 amide bonds. The van der Waals surface area contributed by atoms with Crippen molar-refractivity contribution in [3.63, 3.8) is 0 Å². The first-order valence-corrected chi connectivity index (χ1v) is 6.42. The monoisotopic (exact) mass is 218 g/mol. The fraction of sp³-hybridized carbons (Fsp3) is 0.778. The van der Waals surface area contributed by atoms with Crippen LogP contribution in [0.25, 0.3) is 0 Å². The van der Waals surface area contributed by atoms with E-state index in [1.54, 1.807) is 0 Å². The highest BCUT2D eigenvalue weighted by atomic mass is 32.2. The number of sulfonamides is 1. The molecule has 82 valence electrons. The molecule has 14 heavy (non-hydrogen) atoms. The molecule has 2 atom stereocenters. The van der Waals surface area contributed by atoms with Gasteiger partial charge >= 0.3 is 0 Å². The van der Waals surface area contributed by atoms with Crippen LogP contribution in [0.5, 0.6) is 0 Å². The maximum atomic E-state index is 11.6. The van der Waals surface area contributed by atoms with E-state index < -0.39 is 10.0 Å². The first kappa shape index (κ1) is 11.7. The Labute approximate surface area is 85.8 Å². The number of hydrogen-bond acceptors (Lipinski definition) is 3. The van der Waals surface area contributed by atoms with Crippen LogP contribution >= 0.6 is 0 Å². The van der Waals surface area contributed by atoms with E-state index in [4.69, 9.17) is 5.73 Å².